The van der Waals surface area contributed by atoms with Crippen LogP contribution >= 0.6 is 0 Å². The zero-order chi connectivity index (χ0) is 20.5. The van der Waals surface area contributed by atoms with E-state index in [0.29, 0.717) is 24.4 Å². The molecule has 0 aromatic heterocycles. The molecule has 28 heavy (non-hydrogen) atoms. The molecule has 0 bridgehead atoms. The van der Waals surface area contributed by atoms with Gasteiger partial charge in [0.2, 0.25) is 11.8 Å². The van der Waals surface area contributed by atoms with E-state index in [1.807, 2.05) is 12.1 Å². The molecule has 0 spiro atoms. The van der Waals surface area contributed by atoms with Crippen LogP contribution in [0.3, 0.4) is 0 Å². The molecule has 7 nitrogen and oxygen atoms in total. The predicted octanol–water partition coefficient (Wildman–Crippen LogP) is 2.86. The van der Waals surface area contributed by atoms with Gasteiger partial charge in [0.1, 0.15) is 12.3 Å². The number of carbonyl (C=O) groups excluding carboxylic acids is 3. The summed E-state index contributed by atoms with van der Waals surface area (Å²) in [5.74, 6) is -0.221. The Bertz CT molecular complexity index is 816. The number of ether oxygens (including phenoxy) is 2. The summed E-state index contributed by atoms with van der Waals surface area (Å²) >= 11 is 0. The maximum atomic E-state index is 12.3. The molecule has 0 heterocycles. The lowest BCUT2D eigenvalue weighted by Crippen LogP contribution is -2.36. The van der Waals surface area contributed by atoms with Crippen molar-refractivity contribution in [1.82, 2.24) is 4.90 Å². The third-order valence-electron chi connectivity index (χ3n) is 3.99. The van der Waals surface area contributed by atoms with E-state index < -0.39 is 5.97 Å². The summed E-state index contributed by atoms with van der Waals surface area (Å²) in [5.41, 5.74) is 1.83. The summed E-state index contributed by atoms with van der Waals surface area (Å²) in [6.45, 7) is 3.69. The molecule has 148 valence electrons. The zero-order valence-corrected chi connectivity index (χ0v) is 16.2. The summed E-state index contributed by atoms with van der Waals surface area (Å²) in [6, 6.07) is 13.7. The second-order valence-corrected chi connectivity index (χ2v) is 6.07. The highest BCUT2D eigenvalue weighted by Gasteiger charge is 2.15. The molecule has 2 amide bonds. The minimum absolute atomic E-state index is 0.0824. The first-order chi connectivity index (χ1) is 13.4. The van der Waals surface area contributed by atoms with Crippen LogP contribution in [0.2, 0.25) is 0 Å². The van der Waals surface area contributed by atoms with Crippen LogP contribution in [-0.4, -0.2) is 42.9 Å². The van der Waals surface area contributed by atoms with E-state index in [2.05, 4.69) is 5.32 Å². The van der Waals surface area contributed by atoms with Crippen LogP contribution < -0.4 is 10.1 Å². The highest BCUT2D eigenvalue weighted by molar-refractivity contribution is 5.95. The van der Waals surface area contributed by atoms with Gasteiger partial charge in [0.15, 0.2) is 0 Å². The Hall–Kier alpha value is -3.35. The van der Waals surface area contributed by atoms with Gasteiger partial charge >= 0.3 is 5.97 Å². The molecule has 2 aromatic carbocycles. The van der Waals surface area contributed by atoms with Gasteiger partial charge in [-0.25, -0.2) is 4.79 Å². The van der Waals surface area contributed by atoms with Crippen molar-refractivity contribution < 1.29 is 23.9 Å². The molecule has 0 aliphatic carbocycles. The van der Waals surface area contributed by atoms with Crippen molar-refractivity contribution in [2.45, 2.75) is 20.4 Å². The Morgan fingerprint density at radius 3 is 2.18 bits per heavy atom. The van der Waals surface area contributed by atoms with Gasteiger partial charge in [0.05, 0.1) is 19.3 Å². The number of anilines is 1. The highest BCUT2D eigenvalue weighted by atomic mass is 16.5. The van der Waals surface area contributed by atoms with E-state index in [1.165, 1.54) is 11.8 Å². The van der Waals surface area contributed by atoms with Crippen LogP contribution in [0.15, 0.2) is 48.5 Å². The Morgan fingerprint density at radius 1 is 1.00 bits per heavy atom. The number of esters is 1. The van der Waals surface area contributed by atoms with Gasteiger partial charge in [-0.05, 0) is 48.9 Å². The van der Waals surface area contributed by atoms with E-state index in [1.54, 1.807) is 50.4 Å². The SMILES string of the molecule is CCOC(=O)c1ccc(NC(=O)CN(Cc2ccc(OC)cc2)C(C)=O)cc1. The van der Waals surface area contributed by atoms with Gasteiger partial charge in [0, 0.05) is 19.2 Å². The first kappa shape index (κ1) is 21.0. The fraction of sp³-hybridized carbons (Fsp3) is 0.286. The van der Waals surface area contributed by atoms with Crippen LogP contribution in [0.4, 0.5) is 5.69 Å². The van der Waals surface area contributed by atoms with Crippen LogP contribution in [0, 0.1) is 0 Å². The van der Waals surface area contributed by atoms with Crippen molar-refractivity contribution in [3.8, 4) is 5.75 Å². The number of hydrogen-bond donors (Lipinski definition) is 1. The summed E-state index contributed by atoms with van der Waals surface area (Å²) < 4.78 is 10.0. The molecule has 0 saturated carbocycles. The second-order valence-electron chi connectivity index (χ2n) is 6.07. The molecule has 0 radical (unpaired) electrons. The van der Waals surface area contributed by atoms with Gasteiger partial charge in [0.25, 0.3) is 0 Å². The number of nitrogens with zero attached hydrogens (tertiary/aromatic N) is 1. The molecule has 7 heteroatoms. The number of methoxy groups -OCH3 is 1. The Balaban J connectivity index is 1.96. The molecular formula is C21H24N2O5. The van der Waals surface area contributed by atoms with Gasteiger partial charge in [-0.1, -0.05) is 12.1 Å². The number of amides is 2. The summed E-state index contributed by atoms with van der Waals surface area (Å²) in [5, 5.41) is 2.72. The smallest absolute Gasteiger partial charge is 0.338 e. The Kier molecular flexibility index (Phi) is 7.56. The zero-order valence-electron chi connectivity index (χ0n) is 16.2. The number of hydrogen-bond acceptors (Lipinski definition) is 5. The molecule has 0 aliphatic rings. The molecule has 0 unspecified atom stereocenters. The molecule has 2 aromatic rings. The predicted molar refractivity (Wildman–Crippen MR) is 105 cm³/mol. The summed E-state index contributed by atoms with van der Waals surface area (Å²) in [4.78, 5) is 37.3. The number of benzene rings is 2. The third-order valence-corrected chi connectivity index (χ3v) is 3.99. The first-order valence-corrected chi connectivity index (χ1v) is 8.88. The topological polar surface area (TPSA) is 84.9 Å². The monoisotopic (exact) mass is 384 g/mol. The summed E-state index contributed by atoms with van der Waals surface area (Å²) in [7, 11) is 1.58. The van der Waals surface area contributed by atoms with Crippen molar-refractivity contribution in [3.05, 3.63) is 59.7 Å². The van der Waals surface area contributed by atoms with Gasteiger partial charge < -0.3 is 19.7 Å². The quantitative estimate of drug-likeness (QED) is 0.708. The standard InChI is InChI=1S/C21H24N2O5/c1-4-28-21(26)17-7-9-18(10-8-17)22-20(25)14-23(15(2)24)13-16-5-11-19(27-3)12-6-16/h5-12H,4,13-14H2,1-3H3,(H,22,25). The van der Waals surface area contributed by atoms with E-state index in [9.17, 15) is 14.4 Å². The fourth-order valence-corrected chi connectivity index (χ4v) is 2.51. The molecule has 0 atom stereocenters. The van der Waals surface area contributed by atoms with Gasteiger partial charge in [-0.2, -0.15) is 0 Å². The lowest BCUT2D eigenvalue weighted by molar-refractivity contribution is -0.133. The van der Waals surface area contributed by atoms with E-state index in [-0.39, 0.29) is 18.4 Å². The maximum Gasteiger partial charge on any atom is 0.338 e. The number of carbonyl (C=O) groups is 3. The average Bonchev–Trinajstić information content (AvgIpc) is 2.68. The minimum Gasteiger partial charge on any atom is -0.497 e. The van der Waals surface area contributed by atoms with Gasteiger partial charge in [-0.3, -0.25) is 9.59 Å². The minimum atomic E-state index is -0.414. The van der Waals surface area contributed by atoms with Crippen molar-refractivity contribution in [2.24, 2.45) is 0 Å². The largest absolute Gasteiger partial charge is 0.497 e. The van der Waals surface area contributed by atoms with E-state index in [4.69, 9.17) is 9.47 Å². The normalized spacial score (nSPS) is 10.1. The highest BCUT2D eigenvalue weighted by Crippen LogP contribution is 2.14. The van der Waals surface area contributed by atoms with E-state index in [0.717, 1.165) is 11.3 Å². The number of nitrogens with one attached hydrogen (secondary N) is 1. The molecule has 1 N–H and O–H groups in total. The lowest BCUT2D eigenvalue weighted by Gasteiger charge is -2.21. The molecule has 0 saturated heterocycles. The lowest BCUT2D eigenvalue weighted by atomic mass is 10.2. The Morgan fingerprint density at radius 2 is 1.64 bits per heavy atom. The average molecular weight is 384 g/mol. The van der Waals surface area contributed by atoms with Crippen molar-refractivity contribution >= 4 is 23.5 Å². The van der Waals surface area contributed by atoms with Gasteiger partial charge in [-0.15, -0.1) is 0 Å². The summed E-state index contributed by atoms with van der Waals surface area (Å²) in [6.07, 6.45) is 0. The van der Waals surface area contributed by atoms with E-state index >= 15 is 0 Å². The molecule has 2 rings (SSSR count). The fourth-order valence-electron chi connectivity index (χ4n) is 2.51. The van der Waals surface area contributed by atoms with Crippen molar-refractivity contribution in [1.29, 1.82) is 0 Å². The van der Waals surface area contributed by atoms with Crippen LogP contribution in [0.1, 0.15) is 29.8 Å². The second kappa shape index (κ2) is 10.1. The Labute approximate surface area is 164 Å². The molecule has 0 fully saturated rings. The number of rotatable bonds is 8. The van der Waals surface area contributed by atoms with Crippen LogP contribution in [0.5, 0.6) is 5.75 Å². The molecular weight excluding hydrogens is 360 g/mol. The third kappa shape index (κ3) is 6.12. The van der Waals surface area contributed by atoms with Crippen LogP contribution in [0.25, 0.3) is 0 Å². The first-order valence-electron chi connectivity index (χ1n) is 8.88. The molecule has 0 aliphatic heterocycles. The van der Waals surface area contributed by atoms with Crippen molar-refractivity contribution in [3.63, 3.8) is 0 Å². The maximum absolute atomic E-state index is 12.3. The van der Waals surface area contributed by atoms with Crippen LogP contribution in [-0.2, 0) is 20.9 Å². The van der Waals surface area contributed by atoms with Crippen molar-refractivity contribution in [2.75, 3.05) is 25.6 Å².